The molecule has 20 heavy (non-hydrogen) atoms. The third kappa shape index (κ3) is 3.69. The summed E-state index contributed by atoms with van der Waals surface area (Å²) in [7, 11) is 0. The Labute approximate surface area is 123 Å². The number of piperidine rings is 1. The average molecular weight is 299 g/mol. The number of rotatable bonds is 5. The maximum absolute atomic E-state index is 11.1. The number of likely N-dealkylation sites (tertiary alicyclic amines) is 1. The predicted molar refractivity (Wildman–Crippen MR) is 77.9 cm³/mol. The molecule has 0 amide bonds. The number of benzene rings is 1. The van der Waals surface area contributed by atoms with Crippen molar-refractivity contribution in [3.8, 4) is 0 Å². The van der Waals surface area contributed by atoms with E-state index < -0.39 is 0 Å². The van der Waals surface area contributed by atoms with Gasteiger partial charge in [0.15, 0.2) is 0 Å². The quantitative estimate of drug-likeness (QED) is 0.670. The van der Waals surface area contributed by atoms with Crippen molar-refractivity contribution in [3.05, 3.63) is 38.9 Å². The predicted octanol–water partition coefficient (Wildman–Crippen LogP) is 2.99. The lowest BCUT2D eigenvalue weighted by molar-refractivity contribution is -0.385. The van der Waals surface area contributed by atoms with Crippen LogP contribution >= 0.6 is 11.6 Å². The molecule has 1 aliphatic rings. The first-order chi connectivity index (χ1) is 9.61. The number of aliphatic hydroxyl groups excluding tert-OH is 1. The van der Waals surface area contributed by atoms with Gasteiger partial charge in [-0.15, -0.1) is 0 Å². The van der Waals surface area contributed by atoms with Crippen LogP contribution in [-0.4, -0.2) is 34.1 Å². The molecular weight excluding hydrogens is 280 g/mol. The lowest BCUT2D eigenvalue weighted by Gasteiger charge is -2.35. The highest BCUT2D eigenvalue weighted by atomic mass is 35.5. The molecular formula is C14H19ClN2O3. The van der Waals surface area contributed by atoms with Crippen molar-refractivity contribution in [1.29, 1.82) is 0 Å². The first kappa shape index (κ1) is 15.2. The summed E-state index contributed by atoms with van der Waals surface area (Å²) in [4.78, 5) is 13.0. The largest absolute Gasteiger partial charge is 0.396 e. The van der Waals surface area contributed by atoms with E-state index in [-0.39, 0.29) is 17.2 Å². The Hall–Kier alpha value is -1.17. The van der Waals surface area contributed by atoms with Gasteiger partial charge in [-0.05, 0) is 37.9 Å². The van der Waals surface area contributed by atoms with E-state index in [0.717, 1.165) is 32.2 Å². The van der Waals surface area contributed by atoms with Crippen LogP contribution in [0.25, 0.3) is 0 Å². The maximum atomic E-state index is 11.1. The van der Waals surface area contributed by atoms with E-state index in [9.17, 15) is 10.1 Å². The van der Waals surface area contributed by atoms with Gasteiger partial charge < -0.3 is 5.11 Å². The molecule has 1 saturated heterocycles. The van der Waals surface area contributed by atoms with Crippen molar-refractivity contribution in [3.63, 3.8) is 0 Å². The summed E-state index contributed by atoms with van der Waals surface area (Å²) in [6.07, 6.45) is 4.02. The van der Waals surface area contributed by atoms with Gasteiger partial charge in [0, 0.05) is 35.8 Å². The molecule has 1 aromatic carbocycles. The van der Waals surface area contributed by atoms with Gasteiger partial charge in [-0.25, -0.2) is 0 Å². The zero-order valence-electron chi connectivity index (χ0n) is 11.3. The molecule has 0 aliphatic carbocycles. The van der Waals surface area contributed by atoms with Crippen LogP contribution in [0.2, 0.25) is 5.02 Å². The van der Waals surface area contributed by atoms with Crippen molar-refractivity contribution in [2.45, 2.75) is 38.3 Å². The normalized spacial score (nSPS) is 20.0. The highest BCUT2D eigenvalue weighted by Gasteiger charge is 2.24. The molecule has 0 saturated carbocycles. The summed E-state index contributed by atoms with van der Waals surface area (Å²) in [6, 6.07) is 5.13. The average Bonchev–Trinajstić information content (AvgIpc) is 2.43. The third-order valence-corrected chi connectivity index (χ3v) is 4.06. The number of nitro benzene ring substituents is 1. The van der Waals surface area contributed by atoms with Crippen LogP contribution in [0.3, 0.4) is 0 Å². The number of hydrogen-bond acceptors (Lipinski definition) is 4. The molecule has 5 nitrogen and oxygen atoms in total. The summed E-state index contributed by atoms with van der Waals surface area (Å²) in [5.74, 6) is 0. The van der Waals surface area contributed by atoms with Crippen LogP contribution in [0.15, 0.2) is 18.2 Å². The van der Waals surface area contributed by atoms with E-state index in [1.807, 2.05) is 0 Å². The van der Waals surface area contributed by atoms with Crippen LogP contribution < -0.4 is 0 Å². The fourth-order valence-corrected chi connectivity index (χ4v) is 2.97. The minimum Gasteiger partial charge on any atom is -0.396 e. The van der Waals surface area contributed by atoms with E-state index in [4.69, 9.17) is 16.7 Å². The van der Waals surface area contributed by atoms with Gasteiger partial charge in [0.1, 0.15) is 0 Å². The summed E-state index contributed by atoms with van der Waals surface area (Å²) in [6.45, 7) is 1.62. The van der Waals surface area contributed by atoms with Gasteiger partial charge in [-0.2, -0.15) is 0 Å². The summed E-state index contributed by atoms with van der Waals surface area (Å²) in [5, 5.41) is 20.6. The van der Waals surface area contributed by atoms with E-state index >= 15 is 0 Å². The summed E-state index contributed by atoms with van der Waals surface area (Å²) >= 11 is 5.83. The van der Waals surface area contributed by atoms with E-state index in [1.165, 1.54) is 6.07 Å². The molecule has 110 valence electrons. The van der Waals surface area contributed by atoms with Crippen LogP contribution in [0, 0.1) is 10.1 Å². The smallest absolute Gasteiger partial charge is 0.275 e. The molecule has 1 N–H and O–H groups in total. The second-order valence-corrected chi connectivity index (χ2v) is 5.60. The second kappa shape index (κ2) is 7.02. The van der Waals surface area contributed by atoms with Crippen molar-refractivity contribution in [2.24, 2.45) is 0 Å². The number of halogens is 1. The molecule has 1 heterocycles. The first-order valence-corrected chi connectivity index (χ1v) is 7.27. The second-order valence-electron chi connectivity index (χ2n) is 5.16. The molecule has 6 heteroatoms. The highest BCUT2D eigenvalue weighted by molar-refractivity contribution is 6.30. The van der Waals surface area contributed by atoms with Crippen LogP contribution in [0.4, 0.5) is 5.69 Å². The Morgan fingerprint density at radius 2 is 2.25 bits per heavy atom. The minimum atomic E-state index is -0.383. The van der Waals surface area contributed by atoms with Crippen LogP contribution in [-0.2, 0) is 6.54 Å². The highest BCUT2D eigenvalue weighted by Crippen LogP contribution is 2.28. The molecule has 0 bridgehead atoms. The number of aliphatic hydroxyl groups is 1. The fraction of sp³-hybridized carbons (Fsp3) is 0.571. The lowest BCUT2D eigenvalue weighted by atomic mass is 9.98. The van der Waals surface area contributed by atoms with Gasteiger partial charge in [0.2, 0.25) is 0 Å². The number of hydrogen-bond donors (Lipinski definition) is 1. The molecule has 0 radical (unpaired) electrons. The van der Waals surface area contributed by atoms with Gasteiger partial charge in [-0.3, -0.25) is 15.0 Å². The molecule has 0 spiro atoms. The third-order valence-electron chi connectivity index (χ3n) is 3.83. The SMILES string of the molecule is O=[N+]([O-])c1cc(Cl)ccc1CN1CCCCC1CCO. The van der Waals surface area contributed by atoms with Crippen molar-refractivity contribution < 1.29 is 10.0 Å². The molecule has 1 aromatic rings. The maximum Gasteiger partial charge on any atom is 0.275 e. The molecule has 0 aromatic heterocycles. The Balaban J connectivity index is 2.17. The van der Waals surface area contributed by atoms with Crippen molar-refractivity contribution in [2.75, 3.05) is 13.2 Å². The van der Waals surface area contributed by atoms with Crippen LogP contribution in [0.5, 0.6) is 0 Å². The molecule has 1 fully saturated rings. The monoisotopic (exact) mass is 298 g/mol. The summed E-state index contributed by atoms with van der Waals surface area (Å²) < 4.78 is 0. The molecule has 1 atom stereocenters. The Morgan fingerprint density at radius 3 is 2.95 bits per heavy atom. The lowest BCUT2D eigenvalue weighted by Crippen LogP contribution is -2.39. The zero-order chi connectivity index (χ0) is 14.5. The Morgan fingerprint density at radius 1 is 1.45 bits per heavy atom. The zero-order valence-corrected chi connectivity index (χ0v) is 12.1. The summed E-state index contributed by atoms with van der Waals surface area (Å²) in [5.41, 5.74) is 0.759. The number of nitro groups is 1. The standard InChI is InChI=1S/C14H19ClN2O3/c15-12-5-4-11(14(9-12)17(19)20)10-16-7-2-1-3-13(16)6-8-18/h4-5,9,13,18H,1-3,6-8,10H2. The molecule has 2 rings (SSSR count). The Bertz CT molecular complexity index is 479. The van der Waals surface area contributed by atoms with Gasteiger partial charge in [0.05, 0.1) is 4.92 Å². The molecule has 1 aliphatic heterocycles. The van der Waals surface area contributed by atoms with Gasteiger partial charge >= 0.3 is 0 Å². The van der Waals surface area contributed by atoms with Crippen molar-refractivity contribution in [1.82, 2.24) is 4.90 Å². The van der Waals surface area contributed by atoms with Gasteiger partial charge in [0.25, 0.3) is 5.69 Å². The first-order valence-electron chi connectivity index (χ1n) is 6.89. The Kier molecular flexibility index (Phi) is 5.34. The van der Waals surface area contributed by atoms with Gasteiger partial charge in [-0.1, -0.05) is 18.0 Å². The van der Waals surface area contributed by atoms with E-state index in [2.05, 4.69) is 4.90 Å². The van der Waals surface area contributed by atoms with Crippen molar-refractivity contribution >= 4 is 17.3 Å². The topological polar surface area (TPSA) is 66.6 Å². The van der Waals surface area contributed by atoms with E-state index in [1.54, 1.807) is 12.1 Å². The van der Waals surface area contributed by atoms with E-state index in [0.29, 0.717) is 23.2 Å². The van der Waals surface area contributed by atoms with Crippen LogP contribution in [0.1, 0.15) is 31.2 Å². The number of nitrogens with zero attached hydrogens (tertiary/aromatic N) is 2. The fourth-order valence-electron chi connectivity index (χ4n) is 2.80. The minimum absolute atomic E-state index is 0.0748. The molecule has 1 unspecified atom stereocenters.